The van der Waals surface area contributed by atoms with Crippen LogP contribution in [0.2, 0.25) is 0 Å². The van der Waals surface area contributed by atoms with E-state index in [9.17, 15) is 4.79 Å². The molecule has 1 aromatic carbocycles. The first-order chi connectivity index (χ1) is 9.56. The van der Waals surface area contributed by atoms with Gasteiger partial charge in [0.15, 0.2) is 0 Å². The predicted molar refractivity (Wildman–Crippen MR) is 76.1 cm³/mol. The third-order valence-corrected chi connectivity index (χ3v) is 3.03. The van der Waals surface area contributed by atoms with Gasteiger partial charge in [-0.1, -0.05) is 0 Å². The quantitative estimate of drug-likeness (QED) is 0.896. The molecule has 1 atom stereocenters. The zero-order chi connectivity index (χ0) is 14.7. The predicted octanol–water partition coefficient (Wildman–Crippen LogP) is 1.35. The van der Waals surface area contributed by atoms with Crippen molar-refractivity contribution < 1.29 is 14.3 Å². The van der Waals surface area contributed by atoms with Crippen LogP contribution in [0.4, 0.5) is 0 Å². The van der Waals surface area contributed by atoms with Crippen molar-refractivity contribution in [1.29, 1.82) is 0 Å². The Morgan fingerprint density at radius 2 is 2.20 bits per heavy atom. The van der Waals surface area contributed by atoms with Crippen LogP contribution >= 0.6 is 0 Å². The summed E-state index contributed by atoms with van der Waals surface area (Å²) in [6.07, 6.45) is 0. The van der Waals surface area contributed by atoms with Crippen LogP contribution in [0.1, 0.15) is 17.3 Å². The highest BCUT2D eigenvalue weighted by molar-refractivity contribution is 5.98. The van der Waals surface area contributed by atoms with Gasteiger partial charge in [0.2, 0.25) is 5.88 Å². The normalized spacial score (nSPS) is 12.4. The standard InChI is InChI=1S/C14H19N3O3/c1-9(8-19-3)15-13(18)10-5-6-11-12(7-10)16-17(2)14(11)20-4/h5-7,9H,8H2,1-4H3,(H,15,18). The molecule has 1 N–H and O–H groups in total. The lowest BCUT2D eigenvalue weighted by Crippen LogP contribution is -2.35. The second kappa shape index (κ2) is 5.92. The smallest absolute Gasteiger partial charge is 0.251 e. The van der Waals surface area contributed by atoms with E-state index in [1.165, 1.54) is 0 Å². The molecule has 108 valence electrons. The van der Waals surface area contributed by atoms with E-state index in [0.29, 0.717) is 18.1 Å². The van der Waals surface area contributed by atoms with Gasteiger partial charge >= 0.3 is 0 Å². The summed E-state index contributed by atoms with van der Waals surface area (Å²) in [4.78, 5) is 12.1. The van der Waals surface area contributed by atoms with Crippen molar-refractivity contribution in [3.05, 3.63) is 23.8 Å². The molecule has 0 aliphatic rings. The number of nitrogens with one attached hydrogen (secondary N) is 1. The largest absolute Gasteiger partial charge is 0.481 e. The summed E-state index contributed by atoms with van der Waals surface area (Å²) < 4.78 is 11.9. The van der Waals surface area contributed by atoms with Crippen molar-refractivity contribution in [3.63, 3.8) is 0 Å². The lowest BCUT2D eigenvalue weighted by Gasteiger charge is -2.12. The molecule has 0 aliphatic carbocycles. The highest BCUT2D eigenvalue weighted by atomic mass is 16.5. The zero-order valence-electron chi connectivity index (χ0n) is 12.1. The third kappa shape index (κ3) is 2.75. The molecular formula is C14H19N3O3. The average Bonchev–Trinajstić information content (AvgIpc) is 2.72. The molecule has 6 nitrogen and oxygen atoms in total. The first kappa shape index (κ1) is 14.3. The molecule has 2 aromatic rings. The Hall–Kier alpha value is -2.08. The average molecular weight is 277 g/mol. The molecule has 0 radical (unpaired) electrons. The fourth-order valence-electron chi connectivity index (χ4n) is 2.16. The van der Waals surface area contributed by atoms with Crippen LogP contribution in [-0.2, 0) is 11.8 Å². The number of hydrogen-bond acceptors (Lipinski definition) is 4. The van der Waals surface area contributed by atoms with E-state index in [2.05, 4.69) is 10.4 Å². The minimum absolute atomic E-state index is 0.0403. The van der Waals surface area contributed by atoms with Gasteiger partial charge in [-0.05, 0) is 25.1 Å². The molecule has 1 aromatic heterocycles. The van der Waals surface area contributed by atoms with E-state index in [1.807, 2.05) is 13.0 Å². The van der Waals surface area contributed by atoms with E-state index in [0.717, 1.165) is 10.9 Å². The lowest BCUT2D eigenvalue weighted by molar-refractivity contribution is 0.0905. The van der Waals surface area contributed by atoms with Crippen molar-refractivity contribution in [2.24, 2.45) is 7.05 Å². The molecule has 0 aliphatic heterocycles. The van der Waals surface area contributed by atoms with E-state index in [4.69, 9.17) is 9.47 Å². The Morgan fingerprint density at radius 3 is 2.85 bits per heavy atom. The highest BCUT2D eigenvalue weighted by Gasteiger charge is 2.14. The zero-order valence-corrected chi connectivity index (χ0v) is 12.1. The maximum Gasteiger partial charge on any atom is 0.251 e. The van der Waals surface area contributed by atoms with Crippen molar-refractivity contribution in [1.82, 2.24) is 15.1 Å². The van der Waals surface area contributed by atoms with Gasteiger partial charge in [0.05, 0.1) is 24.6 Å². The second-order valence-corrected chi connectivity index (χ2v) is 4.69. The third-order valence-electron chi connectivity index (χ3n) is 3.03. The number of nitrogens with zero attached hydrogens (tertiary/aromatic N) is 2. The summed E-state index contributed by atoms with van der Waals surface area (Å²) in [5.74, 6) is 0.542. The first-order valence-electron chi connectivity index (χ1n) is 6.37. The summed E-state index contributed by atoms with van der Waals surface area (Å²) in [7, 11) is 5.01. The first-order valence-corrected chi connectivity index (χ1v) is 6.37. The fraction of sp³-hybridized carbons (Fsp3) is 0.429. The number of ether oxygens (including phenoxy) is 2. The SMILES string of the molecule is COCC(C)NC(=O)c1ccc2c(OC)n(C)nc2c1. The van der Waals surface area contributed by atoms with Gasteiger partial charge in [-0.3, -0.25) is 4.79 Å². The Morgan fingerprint density at radius 1 is 1.45 bits per heavy atom. The van der Waals surface area contributed by atoms with Crippen molar-refractivity contribution in [2.45, 2.75) is 13.0 Å². The summed E-state index contributed by atoms with van der Waals surface area (Å²) in [5.41, 5.74) is 1.30. The van der Waals surface area contributed by atoms with Gasteiger partial charge in [0.25, 0.3) is 5.91 Å². The molecule has 0 fully saturated rings. The summed E-state index contributed by atoms with van der Waals surface area (Å²) in [6.45, 7) is 2.37. The number of hydrogen-bond donors (Lipinski definition) is 1. The number of carbonyl (C=O) groups excluding carboxylic acids is 1. The molecular weight excluding hydrogens is 258 g/mol. The number of rotatable bonds is 5. The maximum atomic E-state index is 12.1. The van der Waals surface area contributed by atoms with Crippen LogP contribution in [-0.4, -0.2) is 42.6 Å². The molecule has 20 heavy (non-hydrogen) atoms. The number of aryl methyl sites for hydroxylation is 1. The fourth-order valence-corrected chi connectivity index (χ4v) is 2.16. The lowest BCUT2D eigenvalue weighted by atomic mass is 10.1. The Bertz CT molecular complexity index is 621. The Balaban J connectivity index is 2.26. The highest BCUT2D eigenvalue weighted by Crippen LogP contribution is 2.25. The van der Waals surface area contributed by atoms with E-state index in [-0.39, 0.29) is 11.9 Å². The number of aromatic nitrogens is 2. The van der Waals surface area contributed by atoms with Crippen LogP contribution < -0.4 is 10.1 Å². The molecule has 1 heterocycles. The Kier molecular flexibility index (Phi) is 4.24. The topological polar surface area (TPSA) is 65.4 Å². The van der Waals surface area contributed by atoms with Crippen molar-refractivity contribution in [2.75, 3.05) is 20.8 Å². The van der Waals surface area contributed by atoms with Crippen LogP contribution in [0.5, 0.6) is 5.88 Å². The minimum Gasteiger partial charge on any atom is -0.481 e. The van der Waals surface area contributed by atoms with Crippen molar-refractivity contribution in [3.8, 4) is 5.88 Å². The molecule has 0 saturated carbocycles. The van der Waals surface area contributed by atoms with Gasteiger partial charge in [-0.15, -0.1) is 0 Å². The van der Waals surface area contributed by atoms with E-state index in [1.54, 1.807) is 38.1 Å². The number of fused-ring (bicyclic) bond motifs is 1. The molecule has 0 spiro atoms. The van der Waals surface area contributed by atoms with E-state index < -0.39 is 0 Å². The minimum atomic E-state index is -0.138. The molecule has 0 saturated heterocycles. The van der Waals surface area contributed by atoms with Crippen LogP contribution in [0, 0.1) is 0 Å². The molecule has 2 rings (SSSR count). The van der Waals surface area contributed by atoms with Crippen LogP contribution in [0.15, 0.2) is 18.2 Å². The molecule has 1 amide bonds. The molecule has 1 unspecified atom stereocenters. The van der Waals surface area contributed by atoms with Crippen LogP contribution in [0.3, 0.4) is 0 Å². The summed E-state index contributed by atoms with van der Waals surface area (Å²) in [6, 6.07) is 5.33. The molecule has 6 heteroatoms. The maximum absolute atomic E-state index is 12.1. The van der Waals surface area contributed by atoms with Gasteiger partial charge in [0, 0.05) is 25.8 Å². The number of carbonyl (C=O) groups is 1. The second-order valence-electron chi connectivity index (χ2n) is 4.69. The Labute approximate surface area is 117 Å². The van der Waals surface area contributed by atoms with Gasteiger partial charge in [-0.25, -0.2) is 4.68 Å². The van der Waals surface area contributed by atoms with Crippen molar-refractivity contribution >= 4 is 16.8 Å². The van der Waals surface area contributed by atoms with Gasteiger partial charge < -0.3 is 14.8 Å². The summed E-state index contributed by atoms with van der Waals surface area (Å²) >= 11 is 0. The number of benzene rings is 1. The van der Waals surface area contributed by atoms with E-state index >= 15 is 0 Å². The number of methoxy groups -OCH3 is 2. The van der Waals surface area contributed by atoms with Gasteiger partial charge in [0.1, 0.15) is 0 Å². The molecule has 0 bridgehead atoms. The number of amides is 1. The van der Waals surface area contributed by atoms with Gasteiger partial charge in [-0.2, -0.15) is 5.10 Å². The van der Waals surface area contributed by atoms with Crippen LogP contribution in [0.25, 0.3) is 10.9 Å². The summed E-state index contributed by atoms with van der Waals surface area (Å²) in [5, 5.41) is 8.08. The monoisotopic (exact) mass is 277 g/mol.